The third-order valence-corrected chi connectivity index (χ3v) is 2.84. The Hall–Kier alpha value is -2.27. The van der Waals surface area contributed by atoms with Gasteiger partial charge >= 0.3 is 6.03 Å². The lowest BCUT2D eigenvalue weighted by Gasteiger charge is -2.09. The Morgan fingerprint density at radius 2 is 2.10 bits per heavy atom. The summed E-state index contributed by atoms with van der Waals surface area (Å²) in [6, 6.07) is 12.4. The third kappa shape index (κ3) is 5.71. The molecule has 0 aliphatic rings. The molecule has 2 rings (SSSR count). The van der Waals surface area contributed by atoms with Gasteiger partial charge in [-0.15, -0.1) is 0 Å². The molecule has 1 heterocycles. The number of ether oxygens (including phenoxy) is 1. The van der Waals surface area contributed by atoms with E-state index in [1.807, 2.05) is 30.3 Å². The maximum atomic E-state index is 11.6. The van der Waals surface area contributed by atoms with Crippen LogP contribution in [0.2, 0.25) is 5.02 Å². The highest BCUT2D eigenvalue weighted by Gasteiger charge is 2.00. The molecule has 2 aromatic rings. The van der Waals surface area contributed by atoms with Crippen LogP contribution in [0.5, 0.6) is 5.75 Å². The molecule has 5 nitrogen and oxygen atoms in total. The molecule has 2 amide bonds. The zero-order chi connectivity index (χ0) is 14.9. The number of urea groups is 1. The molecule has 0 saturated heterocycles. The Balaban J connectivity index is 1.61. The van der Waals surface area contributed by atoms with Gasteiger partial charge in [0.25, 0.3) is 0 Å². The molecule has 0 atom stereocenters. The lowest BCUT2D eigenvalue weighted by Crippen LogP contribution is -2.37. The first-order valence-electron chi connectivity index (χ1n) is 6.54. The van der Waals surface area contributed by atoms with Gasteiger partial charge in [0, 0.05) is 11.2 Å². The Morgan fingerprint density at radius 1 is 1.19 bits per heavy atom. The molecule has 6 heteroatoms. The molecular weight excluding hydrogens is 290 g/mol. The SMILES string of the molecule is O=C(NCCOc1cccc(Cl)c1)NCc1ccccn1. The first kappa shape index (κ1) is 15.1. The van der Waals surface area contributed by atoms with Gasteiger partial charge in [-0.2, -0.15) is 0 Å². The number of amides is 2. The standard InChI is InChI=1S/C15H16ClN3O2/c16-12-4-3-6-14(10-12)21-9-8-18-15(20)19-11-13-5-1-2-7-17-13/h1-7,10H,8-9,11H2,(H2,18,19,20). The highest BCUT2D eigenvalue weighted by atomic mass is 35.5. The molecule has 110 valence electrons. The number of rotatable bonds is 6. The van der Waals surface area contributed by atoms with Crippen molar-refractivity contribution < 1.29 is 9.53 Å². The van der Waals surface area contributed by atoms with Crippen LogP contribution in [-0.2, 0) is 6.54 Å². The van der Waals surface area contributed by atoms with E-state index in [2.05, 4.69) is 15.6 Å². The summed E-state index contributed by atoms with van der Waals surface area (Å²) in [6.07, 6.45) is 1.69. The Kier molecular flexibility index (Phi) is 5.84. The van der Waals surface area contributed by atoms with Crippen LogP contribution in [-0.4, -0.2) is 24.2 Å². The van der Waals surface area contributed by atoms with Crippen molar-refractivity contribution in [3.8, 4) is 5.75 Å². The molecule has 0 radical (unpaired) electrons. The molecule has 0 fully saturated rings. The van der Waals surface area contributed by atoms with Gasteiger partial charge in [-0.25, -0.2) is 4.79 Å². The van der Waals surface area contributed by atoms with Gasteiger partial charge in [-0.05, 0) is 30.3 Å². The van der Waals surface area contributed by atoms with Crippen LogP contribution in [0.15, 0.2) is 48.7 Å². The van der Waals surface area contributed by atoms with Gasteiger partial charge in [0.05, 0.1) is 18.8 Å². The monoisotopic (exact) mass is 305 g/mol. The summed E-state index contributed by atoms with van der Waals surface area (Å²) in [7, 11) is 0. The van der Waals surface area contributed by atoms with E-state index in [-0.39, 0.29) is 6.03 Å². The number of aromatic nitrogens is 1. The number of halogens is 1. The summed E-state index contributed by atoms with van der Waals surface area (Å²) in [5, 5.41) is 6.04. The number of nitrogens with one attached hydrogen (secondary N) is 2. The van der Waals surface area contributed by atoms with Crippen molar-refractivity contribution in [2.24, 2.45) is 0 Å². The van der Waals surface area contributed by atoms with Crippen molar-refractivity contribution in [2.45, 2.75) is 6.54 Å². The van der Waals surface area contributed by atoms with Gasteiger partial charge in [0.1, 0.15) is 12.4 Å². The minimum Gasteiger partial charge on any atom is -0.492 e. The smallest absolute Gasteiger partial charge is 0.315 e. The van der Waals surface area contributed by atoms with Crippen LogP contribution < -0.4 is 15.4 Å². The number of hydrogen-bond donors (Lipinski definition) is 2. The van der Waals surface area contributed by atoms with Gasteiger partial charge < -0.3 is 15.4 Å². The van der Waals surface area contributed by atoms with Crippen molar-refractivity contribution in [1.82, 2.24) is 15.6 Å². The lowest BCUT2D eigenvalue weighted by atomic mass is 10.3. The number of nitrogens with zero attached hydrogens (tertiary/aromatic N) is 1. The van der Waals surface area contributed by atoms with Crippen molar-refractivity contribution in [2.75, 3.05) is 13.2 Å². The van der Waals surface area contributed by atoms with E-state index in [1.165, 1.54) is 0 Å². The number of carbonyl (C=O) groups excluding carboxylic acids is 1. The Bertz CT molecular complexity index is 578. The van der Waals surface area contributed by atoms with Gasteiger partial charge in [0.15, 0.2) is 0 Å². The molecule has 0 aliphatic carbocycles. The van der Waals surface area contributed by atoms with E-state index in [9.17, 15) is 4.79 Å². The molecule has 2 N–H and O–H groups in total. The van der Waals surface area contributed by atoms with Crippen molar-refractivity contribution >= 4 is 17.6 Å². The molecular formula is C15H16ClN3O2. The predicted molar refractivity (Wildman–Crippen MR) is 81.4 cm³/mol. The zero-order valence-corrected chi connectivity index (χ0v) is 12.1. The minimum atomic E-state index is -0.254. The summed E-state index contributed by atoms with van der Waals surface area (Å²) in [5.41, 5.74) is 0.808. The van der Waals surface area contributed by atoms with Crippen LogP contribution >= 0.6 is 11.6 Å². The maximum absolute atomic E-state index is 11.6. The molecule has 0 bridgehead atoms. The van der Waals surface area contributed by atoms with Crippen molar-refractivity contribution in [3.05, 3.63) is 59.4 Å². The highest BCUT2D eigenvalue weighted by Crippen LogP contribution is 2.16. The minimum absolute atomic E-state index is 0.254. The summed E-state index contributed by atoms with van der Waals surface area (Å²) in [4.78, 5) is 15.7. The van der Waals surface area contributed by atoms with Gasteiger partial charge in [0.2, 0.25) is 0 Å². The van der Waals surface area contributed by atoms with E-state index in [0.717, 1.165) is 5.69 Å². The number of pyridine rings is 1. The second-order valence-electron chi connectivity index (χ2n) is 4.24. The number of benzene rings is 1. The molecule has 0 unspecified atom stereocenters. The van der Waals surface area contributed by atoms with E-state index in [4.69, 9.17) is 16.3 Å². The summed E-state index contributed by atoms with van der Waals surface area (Å²) in [6.45, 7) is 1.17. The van der Waals surface area contributed by atoms with Crippen LogP contribution in [0.1, 0.15) is 5.69 Å². The average molecular weight is 306 g/mol. The Morgan fingerprint density at radius 3 is 2.86 bits per heavy atom. The van der Waals surface area contributed by atoms with E-state index < -0.39 is 0 Å². The Labute approximate surface area is 128 Å². The van der Waals surface area contributed by atoms with E-state index in [0.29, 0.717) is 30.5 Å². The molecule has 1 aromatic carbocycles. The quantitative estimate of drug-likeness (QED) is 0.806. The summed E-state index contributed by atoms with van der Waals surface area (Å²) in [5.74, 6) is 0.679. The third-order valence-electron chi connectivity index (χ3n) is 2.61. The largest absolute Gasteiger partial charge is 0.492 e. The molecule has 0 spiro atoms. The topological polar surface area (TPSA) is 63.2 Å². The van der Waals surface area contributed by atoms with Crippen molar-refractivity contribution in [3.63, 3.8) is 0 Å². The van der Waals surface area contributed by atoms with Crippen LogP contribution in [0.3, 0.4) is 0 Å². The molecule has 0 saturated carbocycles. The molecule has 1 aromatic heterocycles. The van der Waals surface area contributed by atoms with Crippen molar-refractivity contribution in [1.29, 1.82) is 0 Å². The van der Waals surface area contributed by atoms with E-state index in [1.54, 1.807) is 18.3 Å². The normalized spacial score (nSPS) is 9.95. The fourth-order valence-electron chi connectivity index (χ4n) is 1.63. The fraction of sp³-hybridized carbons (Fsp3) is 0.200. The fourth-order valence-corrected chi connectivity index (χ4v) is 1.81. The molecule has 21 heavy (non-hydrogen) atoms. The average Bonchev–Trinajstić information content (AvgIpc) is 2.51. The van der Waals surface area contributed by atoms with Gasteiger partial charge in [-0.1, -0.05) is 23.7 Å². The first-order valence-corrected chi connectivity index (χ1v) is 6.92. The summed E-state index contributed by atoms with van der Waals surface area (Å²) < 4.78 is 5.46. The van der Waals surface area contributed by atoms with Crippen LogP contribution in [0.25, 0.3) is 0 Å². The second-order valence-corrected chi connectivity index (χ2v) is 4.67. The van der Waals surface area contributed by atoms with E-state index >= 15 is 0 Å². The van der Waals surface area contributed by atoms with Crippen LogP contribution in [0.4, 0.5) is 4.79 Å². The number of hydrogen-bond acceptors (Lipinski definition) is 3. The second kappa shape index (κ2) is 8.11. The maximum Gasteiger partial charge on any atom is 0.315 e. The number of carbonyl (C=O) groups is 1. The van der Waals surface area contributed by atoms with Gasteiger partial charge in [-0.3, -0.25) is 4.98 Å². The predicted octanol–water partition coefficient (Wildman–Crippen LogP) is 2.61. The molecule has 0 aliphatic heterocycles. The highest BCUT2D eigenvalue weighted by molar-refractivity contribution is 6.30. The van der Waals surface area contributed by atoms with Crippen LogP contribution in [0, 0.1) is 0 Å². The first-order chi connectivity index (χ1) is 10.2. The summed E-state index contributed by atoms with van der Waals surface area (Å²) >= 11 is 5.84. The lowest BCUT2D eigenvalue weighted by molar-refractivity contribution is 0.236. The zero-order valence-electron chi connectivity index (χ0n) is 11.4.